The van der Waals surface area contributed by atoms with Gasteiger partial charge in [0.05, 0.1) is 17.6 Å². The van der Waals surface area contributed by atoms with Crippen molar-refractivity contribution < 1.29 is 14.1 Å². The molecule has 2 rings (SSSR count). The molecule has 1 saturated carbocycles. The van der Waals surface area contributed by atoms with Crippen LogP contribution in [0.5, 0.6) is 5.75 Å². The van der Waals surface area contributed by atoms with E-state index in [4.69, 9.17) is 4.74 Å². The minimum absolute atomic E-state index is 0.0621. The molecule has 0 heterocycles. The minimum Gasteiger partial charge on any atom is -0.490 e. The van der Waals surface area contributed by atoms with Gasteiger partial charge >= 0.3 is 0 Å². The van der Waals surface area contributed by atoms with Crippen molar-refractivity contribution in [3.05, 3.63) is 34.1 Å². The van der Waals surface area contributed by atoms with Gasteiger partial charge in [0.2, 0.25) is 0 Å². The van der Waals surface area contributed by atoms with Gasteiger partial charge in [0, 0.05) is 12.1 Å². The van der Waals surface area contributed by atoms with Gasteiger partial charge in [-0.15, -0.1) is 0 Å². The summed E-state index contributed by atoms with van der Waals surface area (Å²) in [5.74, 6) is -0.633. The van der Waals surface area contributed by atoms with Crippen molar-refractivity contribution in [2.75, 3.05) is 13.2 Å². The van der Waals surface area contributed by atoms with Gasteiger partial charge in [0.15, 0.2) is 11.6 Å². The van der Waals surface area contributed by atoms with E-state index in [-0.39, 0.29) is 11.4 Å². The first kappa shape index (κ1) is 12.8. The zero-order valence-electron chi connectivity index (χ0n) is 9.89. The Hall–Kier alpha value is -1.69. The second-order valence-electron chi connectivity index (χ2n) is 4.30. The molecule has 0 saturated heterocycles. The zero-order valence-corrected chi connectivity index (χ0v) is 9.89. The number of nitro benzene ring substituents is 1. The fourth-order valence-corrected chi connectivity index (χ4v) is 1.57. The van der Waals surface area contributed by atoms with E-state index in [1.54, 1.807) is 0 Å². The Bertz CT molecular complexity index is 435. The summed E-state index contributed by atoms with van der Waals surface area (Å²) in [7, 11) is 0. The van der Waals surface area contributed by atoms with E-state index in [2.05, 4.69) is 5.32 Å². The van der Waals surface area contributed by atoms with E-state index in [9.17, 15) is 14.5 Å². The average molecular weight is 254 g/mol. The number of hydrogen-bond acceptors (Lipinski definition) is 4. The molecule has 18 heavy (non-hydrogen) atoms. The standard InChI is InChI=1S/C12H15FN2O3/c13-11-8-10(15(16)17)4-5-12(11)18-7-1-6-14-9-2-3-9/h4-5,8-9,14H,1-3,6-7H2. The lowest BCUT2D eigenvalue weighted by Gasteiger charge is -2.07. The molecule has 5 nitrogen and oxygen atoms in total. The predicted octanol–water partition coefficient (Wildman–Crippen LogP) is 2.25. The maximum atomic E-state index is 13.4. The molecule has 1 fully saturated rings. The monoisotopic (exact) mass is 254 g/mol. The van der Waals surface area contributed by atoms with Gasteiger partial charge in [-0.25, -0.2) is 4.39 Å². The Labute approximate surface area is 104 Å². The van der Waals surface area contributed by atoms with Crippen LogP contribution in [0.2, 0.25) is 0 Å². The van der Waals surface area contributed by atoms with Gasteiger partial charge in [-0.1, -0.05) is 0 Å². The van der Waals surface area contributed by atoms with Crippen molar-refractivity contribution in [2.24, 2.45) is 0 Å². The summed E-state index contributed by atoms with van der Waals surface area (Å²) in [6.07, 6.45) is 3.25. The van der Waals surface area contributed by atoms with Crippen LogP contribution in [0.25, 0.3) is 0 Å². The maximum Gasteiger partial charge on any atom is 0.272 e. The van der Waals surface area contributed by atoms with Crippen LogP contribution in [0.15, 0.2) is 18.2 Å². The molecule has 0 radical (unpaired) electrons. The number of non-ortho nitro benzene ring substituents is 1. The van der Waals surface area contributed by atoms with Gasteiger partial charge in [-0.2, -0.15) is 0 Å². The second-order valence-corrected chi connectivity index (χ2v) is 4.30. The Morgan fingerprint density at radius 2 is 2.28 bits per heavy atom. The molecule has 0 atom stereocenters. The maximum absolute atomic E-state index is 13.4. The highest BCUT2D eigenvalue weighted by Gasteiger charge is 2.19. The van der Waals surface area contributed by atoms with E-state index in [0.717, 1.165) is 19.0 Å². The first-order valence-corrected chi connectivity index (χ1v) is 5.97. The lowest BCUT2D eigenvalue weighted by molar-refractivity contribution is -0.385. The summed E-state index contributed by atoms with van der Waals surface area (Å²) >= 11 is 0. The van der Waals surface area contributed by atoms with E-state index in [0.29, 0.717) is 12.6 Å². The molecule has 0 aliphatic heterocycles. The number of hydrogen-bond donors (Lipinski definition) is 1. The van der Waals surface area contributed by atoms with Crippen molar-refractivity contribution in [3.63, 3.8) is 0 Å². The van der Waals surface area contributed by atoms with Crippen LogP contribution in [-0.2, 0) is 0 Å². The quantitative estimate of drug-likeness (QED) is 0.460. The van der Waals surface area contributed by atoms with Crippen LogP contribution >= 0.6 is 0 Å². The van der Waals surface area contributed by atoms with Crippen molar-refractivity contribution in [1.29, 1.82) is 0 Å². The largest absolute Gasteiger partial charge is 0.490 e. The molecule has 98 valence electrons. The fraction of sp³-hybridized carbons (Fsp3) is 0.500. The van der Waals surface area contributed by atoms with Gasteiger partial charge in [-0.3, -0.25) is 10.1 Å². The third kappa shape index (κ3) is 3.66. The third-order valence-corrected chi connectivity index (χ3v) is 2.72. The molecule has 6 heteroatoms. The summed E-state index contributed by atoms with van der Waals surface area (Å²) in [4.78, 5) is 9.79. The minimum atomic E-state index is -0.695. The molecule has 1 aliphatic carbocycles. The van der Waals surface area contributed by atoms with Crippen LogP contribution in [0.3, 0.4) is 0 Å². The number of nitrogens with zero attached hydrogens (tertiary/aromatic N) is 1. The Morgan fingerprint density at radius 1 is 1.50 bits per heavy atom. The molecule has 1 N–H and O–H groups in total. The molecule has 1 aromatic carbocycles. The molecule has 1 aromatic rings. The van der Waals surface area contributed by atoms with Crippen LogP contribution < -0.4 is 10.1 Å². The topological polar surface area (TPSA) is 64.4 Å². The second kappa shape index (κ2) is 5.77. The number of nitro groups is 1. The Kier molecular flexibility index (Phi) is 4.09. The first-order chi connectivity index (χ1) is 8.66. The highest BCUT2D eigenvalue weighted by Crippen LogP contribution is 2.22. The summed E-state index contributed by atoms with van der Waals surface area (Å²) < 4.78 is 18.6. The molecule has 0 bridgehead atoms. The Balaban J connectivity index is 1.75. The molecule has 0 aromatic heterocycles. The molecule has 0 amide bonds. The highest BCUT2D eigenvalue weighted by molar-refractivity contribution is 5.37. The molecular formula is C12H15FN2O3. The molecule has 0 spiro atoms. The number of ether oxygens (including phenoxy) is 1. The van der Waals surface area contributed by atoms with Gasteiger partial charge < -0.3 is 10.1 Å². The smallest absolute Gasteiger partial charge is 0.272 e. The van der Waals surface area contributed by atoms with Crippen LogP contribution in [0.1, 0.15) is 19.3 Å². The van der Waals surface area contributed by atoms with Gasteiger partial charge in [0.1, 0.15) is 0 Å². The van der Waals surface area contributed by atoms with E-state index < -0.39 is 10.7 Å². The summed E-state index contributed by atoms with van der Waals surface area (Å²) in [5.41, 5.74) is -0.268. The number of rotatable bonds is 7. The normalized spacial score (nSPS) is 14.5. The predicted molar refractivity (Wildman–Crippen MR) is 64.2 cm³/mol. The number of benzene rings is 1. The van der Waals surface area contributed by atoms with Crippen molar-refractivity contribution in [1.82, 2.24) is 5.32 Å². The molecule has 1 aliphatic rings. The first-order valence-electron chi connectivity index (χ1n) is 5.97. The summed E-state index contributed by atoms with van der Waals surface area (Å²) in [6, 6.07) is 4.06. The van der Waals surface area contributed by atoms with Crippen molar-refractivity contribution in [3.8, 4) is 5.75 Å². The lowest BCUT2D eigenvalue weighted by atomic mass is 10.3. The fourth-order valence-electron chi connectivity index (χ4n) is 1.57. The van der Waals surface area contributed by atoms with Crippen LogP contribution in [0.4, 0.5) is 10.1 Å². The van der Waals surface area contributed by atoms with E-state index in [1.807, 2.05) is 0 Å². The summed E-state index contributed by atoms with van der Waals surface area (Å²) in [6.45, 7) is 1.24. The van der Waals surface area contributed by atoms with Crippen LogP contribution in [-0.4, -0.2) is 24.1 Å². The van der Waals surface area contributed by atoms with Crippen LogP contribution in [0, 0.1) is 15.9 Å². The zero-order chi connectivity index (χ0) is 13.0. The highest BCUT2D eigenvalue weighted by atomic mass is 19.1. The Morgan fingerprint density at radius 3 is 2.89 bits per heavy atom. The number of halogens is 1. The summed E-state index contributed by atoms with van der Waals surface area (Å²) in [5, 5.41) is 13.7. The van der Waals surface area contributed by atoms with E-state index in [1.165, 1.54) is 25.0 Å². The molecule has 0 unspecified atom stereocenters. The van der Waals surface area contributed by atoms with E-state index >= 15 is 0 Å². The van der Waals surface area contributed by atoms with Crippen molar-refractivity contribution in [2.45, 2.75) is 25.3 Å². The molecular weight excluding hydrogens is 239 g/mol. The SMILES string of the molecule is O=[N+]([O-])c1ccc(OCCCNC2CC2)c(F)c1. The van der Waals surface area contributed by atoms with Crippen molar-refractivity contribution >= 4 is 5.69 Å². The van der Waals surface area contributed by atoms with Gasteiger partial charge in [-0.05, 0) is 31.9 Å². The van der Waals surface area contributed by atoms with Gasteiger partial charge in [0.25, 0.3) is 5.69 Å². The average Bonchev–Trinajstić information content (AvgIpc) is 3.14. The third-order valence-electron chi connectivity index (χ3n) is 2.72. The lowest BCUT2D eigenvalue weighted by Crippen LogP contribution is -2.19. The number of nitrogens with one attached hydrogen (secondary N) is 1.